The average molecular weight is 512 g/mol. The highest BCUT2D eigenvalue weighted by molar-refractivity contribution is 7.89. The summed E-state index contributed by atoms with van der Waals surface area (Å²) in [4.78, 5) is 5.24. The van der Waals surface area contributed by atoms with Gasteiger partial charge < -0.3 is 14.8 Å². The Balaban J connectivity index is 1.07. The zero-order valence-corrected chi connectivity index (χ0v) is 22.0. The number of nitrogens with zero attached hydrogens (tertiary/aromatic N) is 1. The number of methoxy groups -OCH3 is 2. The minimum Gasteiger partial charge on any atom is -0.497 e. The van der Waals surface area contributed by atoms with E-state index in [1.165, 1.54) is 18.2 Å². The molecule has 5 rings (SSSR count). The van der Waals surface area contributed by atoms with Gasteiger partial charge in [0.15, 0.2) is 0 Å². The SMILES string of the molecule is COc1ccc2c(c1)CC[C@H]1N=C(NCC3CCC(CNS(=O)(=O)c4ccccc4OC)CC3)C[C@@H]21. The summed E-state index contributed by atoms with van der Waals surface area (Å²) >= 11 is 0. The van der Waals surface area contributed by atoms with E-state index in [1.807, 2.05) is 0 Å². The molecule has 1 saturated carbocycles. The normalized spacial score (nSPS) is 25.4. The van der Waals surface area contributed by atoms with Crippen molar-refractivity contribution in [2.24, 2.45) is 16.8 Å². The summed E-state index contributed by atoms with van der Waals surface area (Å²) in [6, 6.07) is 13.6. The first-order valence-electron chi connectivity index (χ1n) is 13.1. The van der Waals surface area contributed by atoms with Crippen molar-refractivity contribution in [1.29, 1.82) is 0 Å². The fourth-order valence-electron chi connectivity index (χ4n) is 6.03. The van der Waals surface area contributed by atoms with E-state index < -0.39 is 10.0 Å². The van der Waals surface area contributed by atoms with Gasteiger partial charge in [-0.15, -0.1) is 0 Å². The smallest absolute Gasteiger partial charge is 0.244 e. The van der Waals surface area contributed by atoms with Crippen molar-refractivity contribution < 1.29 is 17.9 Å². The van der Waals surface area contributed by atoms with Crippen LogP contribution in [0.15, 0.2) is 52.4 Å². The summed E-state index contributed by atoms with van der Waals surface area (Å²) in [5, 5.41) is 3.67. The molecule has 0 saturated heterocycles. The standard InChI is InChI=1S/C28H37N3O4S/c1-34-22-12-13-23-21(15-22)11-14-25-24(23)16-28(31-25)29-17-19-7-9-20(10-8-19)18-30-36(32,33)27-6-4-3-5-26(27)35-2/h3-6,12-13,15,19-20,24-25,30H,7-11,14,16-18H2,1-2H3,(H,29,31)/t19?,20?,24-,25+/m0/s1. The van der Waals surface area contributed by atoms with Crippen LogP contribution in [0, 0.1) is 11.8 Å². The third kappa shape index (κ3) is 5.39. The Morgan fingerprint density at radius 1 is 0.944 bits per heavy atom. The molecule has 0 unspecified atom stereocenters. The van der Waals surface area contributed by atoms with Crippen LogP contribution in [0.25, 0.3) is 0 Å². The average Bonchev–Trinajstić information content (AvgIpc) is 3.34. The van der Waals surface area contributed by atoms with E-state index in [0.717, 1.165) is 63.1 Å². The van der Waals surface area contributed by atoms with Crippen molar-refractivity contribution in [3.05, 3.63) is 53.6 Å². The predicted octanol–water partition coefficient (Wildman–Crippen LogP) is 4.28. The Morgan fingerprint density at radius 3 is 2.44 bits per heavy atom. The lowest BCUT2D eigenvalue weighted by Crippen LogP contribution is -2.34. The van der Waals surface area contributed by atoms with E-state index in [1.54, 1.807) is 31.4 Å². The highest BCUT2D eigenvalue weighted by Gasteiger charge is 2.35. The van der Waals surface area contributed by atoms with E-state index in [0.29, 0.717) is 36.1 Å². The maximum absolute atomic E-state index is 12.8. The number of hydrogen-bond donors (Lipinski definition) is 2. The second kappa shape index (κ2) is 10.8. The number of ether oxygens (including phenoxy) is 2. The summed E-state index contributed by atoms with van der Waals surface area (Å²) in [6.45, 7) is 1.42. The lowest BCUT2D eigenvalue weighted by molar-refractivity contribution is 0.275. The highest BCUT2D eigenvalue weighted by atomic mass is 32.2. The molecule has 36 heavy (non-hydrogen) atoms. The molecule has 2 atom stereocenters. The van der Waals surface area contributed by atoms with Crippen LogP contribution < -0.4 is 19.5 Å². The molecule has 1 aliphatic heterocycles. The number of aliphatic imine (C=N–C) groups is 1. The van der Waals surface area contributed by atoms with Gasteiger partial charge in [0, 0.05) is 25.4 Å². The van der Waals surface area contributed by atoms with Crippen molar-refractivity contribution in [2.45, 2.75) is 61.8 Å². The van der Waals surface area contributed by atoms with Crippen LogP contribution in [-0.4, -0.2) is 47.6 Å². The lowest BCUT2D eigenvalue weighted by Gasteiger charge is -2.29. The van der Waals surface area contributed by atoms with E-state index in [4.69, 9.17) is 14.5 Å². The quantitative estimate of drug-likeness (QED) is 0.552. The molecule has 2 aromatic carbocycles. The third-order valence-electron chi connectivity index (χ3n) is 8.14. The second-order valence-corrected chi connectivity index (χ2v) is 12.1. The topological polar surface area (TPSA) is 89.0 Å². The third-order valence-corrected chi connectivity index (χ3v) is 9.60. The van der Waals surface area contributed by atoms with Gasteiger partial charge in [-0.2, -0.15) is 0 Å². The molecule has 0 spiro atoms. The molecule has 0 bridgehead atoms. The summed E-state index contributed by atoms with van der Waals surface area (Å²) in [7, 11) is -0.368. The highest BCUT2D eigenvalue weighted by Crippen LogP contribution is 2.41. The van der Waals surface area contributed by atoms with Gasteiger partial charge in [-0.1, -0.05) is 18.2 Å². The maximum Gasteiger partial charge on any atom is 0.244 e. The van der Waals surface area contributed by atoms with Crippen molar-refractivity contribution in [3.63, 3.8) is 0 Å². The molecule has 2 aromatic rings. The molecule has 3 aliphatic rings. The fraction of sp³-hybridized carbons (Fsp3) is 0.536. The number of fused-ring (bicyclic) bond motifs is 3. The first kappa shape index (κ1) is 25.1. The van der Waals surface area contributed by atoms with Gasteiger partial charge in [-0.25, -0.2) is 13.1 Å². The molecule has 0 amide bonds. The van der Waals surface area contributed by atoms with Crippen LogP contribution in [0.5, 0.6) is 11.5 Å². The van der Waals surface area contributed by atoms with Crippen LogP contribution >= 0.6 is 0 Å². The van der Waals surface area contributed by atoms with Gasteiger partial charge in [-0.05, 0) is 85.8 Å². The molecule has 2 N–H and O–H groups in total. The van der Waals surface area contributed by atoms with Gasteiger partial charge >= 0.3 is 0 Å². The van der Waals surface area contributed by atoms with Crippen LogP contribution in [0.2, 0.25) is 0 Å². The summed E-state index contributed by atoms with van der Waals surface area (Å²) in [5.74, 6) is 3.92. The number of para-hydroxylation sites is 1. The molecular weight excluding hydrogens is 474 g/mol. The first-order chi connectivity index (χ1) is 17.5. The Kier molecular flexibility index (Phi) is 7.53. The maximum atomic E-state index is 12.8. The lowest BCUT2D eigenvalue weighted by atomic mass is 9.79. The van der Waals surface area contributed by atoms with Crippen molar-refractivity contribution >= 4 is 15.9 Å². The molecule has 1 heterocycles. The van der Waals surface area contributed by atoms with Crippen molar-refractivity contribution in [2.75, 3.05) is 27.3 Å². The molecule has 0 aromatic heterocycles. The number of amidine groups is 1. The number of sulfonamides is 1. The van der Waals surface area contributed by atoms with E-state index >= 15 is 0 Å². The van der Waals surface area contributed by atoms with E-state index in [9.17, 15) is 8.42 Å². The minimum absolute atomic E-state index is 0.199. The molecule has 0 radical (unpaired) electrons. The summed E-state index contributed by atoms with van der Waals surface area (Å²) < 4.78 is 39.0. The Labute approximate surface area is 214 Å². The zero-order chi connectivity index (χ0) is 25.1. The van der Waals surface area contributed by atoms with E-state index in [-0.39, 0.29) is 4.90 Å². The second-order valence-electron chi connectivity index (χ2n) is 10.3. The Hall–Kier alpha value is -2.58. The first-order valence-corrected chi connectivity index (χ1v) is 14.5. The van der Waals surface area contributed by atoms with Gasteiger partial charge in [0.1, 0.15) is 16.4 Å². The van der Waals surface area contributed by atoms with Crippen LogP contribution in [0.3, 0.4) is 0 Å². The van der Waals surface area contributed by atoms with Crippen molar-refractivity contribution in [1.82, 2.24) is 10.0 Å². The molecule has 194 valence electrons. The van der Waals surface area contributed by atoms with Crippen LogP contribution in [0.4, 0.5) is 0 Å². The predicted molar refractivity (Wildman–Crippen MR) is 142 cm³/mol. The molecular formula is C28H37N3O4S. The molecule has 7 nitrogen and oxygen atoms in total. The largest absolute Gasteiger partial charge is 0.497 e. The van der Waals surface area contributed by atoms with Gasteiger partial charge in [0.05, 0.1) is 26.1 Å². The zero-order valence-electron chi connectivity index (χ0n) is 21.2. The molecule has 2 aliphatic carbocycles. The monoisotopic (exact) mass is 511 g/mol. The molecule has 1 fully saturated rings. The van der Waals surface area contributed by atoms with Crippen LogP contribution in [0.1, 0.15) is 55.6 Å². The van der Waals surface area contributed by atoms with Gasteiger partial charge in [0.25, 0.3) is 0 Å². The number of hydrogen-bond acceptors (Lipinski definition) is 6. The number of nitrogens with one attached hydrogen (secondary N) is 2. The number of benzene rings is 2. The van der Waals surface area contributed by atoms with Gasteiger partial charge in [-0.3, -0.25) is 4.99 Å². The number of rotatable bonds is 8. The molecule has 8 heteroatoms. The Morgan fingerprint density at radius 2 is 1.69 bits per heavy atom. The van der Waals surface area contributed by atoms with Gasteiger partial charge in [0.2, 0.25) is 10.0 Å². The van der Waals surface area contributed by atoms with Crippen molar-refractivity contribution in [3.8, 4) is 11.5 Å². The van der Waals surface area contributed by atoms with Crippen LogP contribution in [-0.2, 0) is 16.4 Å². The Bertz CT molecular complexity index is 1210. The van der Waals surface area contributed by atoms with E-state index in [2.05, 4.69) is 28.2 Å². The summed E-state index contributed by atoms with van der Waals surface area (Å²) in [5.41, 5.74) is 2.84. The minimum atomic E-state index is -3.58. The fourth-order valence-corrected chi connectivity index (χ4v) is 7.31. The number of aryl methyl sites for hydroxylation is 1. The summed E-state index contributed by atoms with van der Waals surface area (Å²) in [6.07, 6.45) is 7.44.